The maximum Gasteiger partial charge on any atom is 0.306 e. The number of allylic oxidation sites excluding steroid dienone is 8. The summed E-state index contributed by atoms with van der Waals surface area (Å²) in [5, 5.41) is 8.83. The van der Waals surface area contributed by atoms with Crippen LogP contribution in [0.25, 0.3) is 0 Å². The Balaban J connectivity index is 3.86. The summed E-state index contributed by atoms with van der Waals surface area (Å²) in [4.78, 5) is 23.2. The topological polar surface area (TPSA) is 63.6 Å². The van der Waals surface area contributed by atoms with Crippen molar-refractivity contribution in [3.05, 3.63) is 48.6 Å². The van der Waals surface area contributed by atoms with Gasteiger partial charge in [-0.3, -0.25) is 9.59 Å². The van der Waals surface area contributed by atoms with Gasteiger partial charge in [-0.2, -0.15) is 0 Å². The molecule has 248 valence electrons. The Hall–Kier alpha value is -2.10. The summed E-state index contributed by atoms with van der Waals surface area (Å²) in [5.41, 5.74) is 0. The quantitative estimate of drug-likeness (QED) is 0.0474. The molecule has 0 saturated carbocycles. The van der Waals surface area contributed by atoms with E-state index in [4.69, 9.17) is 9.84 Å². The fourth-order valence-electron chi connectivity index (χ4n) is 5.11. The first-order valence-corrected chi connectivity index (χ1v) is 18.1. The van der Waals surface area contributed by atoms with E-state index in [0.29, 0.717) is 12.8 Å². The van der Waals surface area contributed by atoms with Crippen molar-refractivity contribution in [2.45, 2.75) is 187 Å². The Labute approximate surface area is 266 Å². The number of carbonyl (C=O) groups excluding carboxylic acids is 1. The van der Waals surface area contributed by atoms with Crippen molar-refractivity contribution in [1.82, 2.24) is 0 Å². The lowest BCUT2D eigenvalue weighted by atomic mass is 10.0. The van der Waals surface area contributed by atoms with E-state index < -0.39 is 5.97 Å². The van der Waals surface area contributed by atoms with Crippen molar-refractivity contribution in [3.63, 3.8) is 0 Å². The smallest absolute Gasteiger partial charge is 0.306 e. The van der Waals surface area contributed by atoms with E-state index in [1.54, 1.807) is 0 Å². The summed E-state index contributed by atoms with van der Waals surface area (Å²) in [5.74, 6) is -0.784. The number of unbranched alkanes of at least 4 members (excludes halogenated alkanes) is 15. The Bertz CT molecular complexity index is 734. The van der Waals surface area contributed by atoms with E-state index in [2.05, 4.69) is 62.5 Å². The van der Waals surface area contributed by atoms with Crippen molar-refractivity contribution >= 4 is 11.9 Å². The van der Waals surface area contributed by atoms with Gasteiger partial charge < -0.3 is 9.84 Å². The fraction of sp³-hybridized carbons (Fsp3) is 0.744. The summed E-state index contributed by atoms with van der Waals surface area (Å²) in [6, 6.07) is 0. The zero-order valence-electron chi connectivity index (χ0n) is 28.3. The van der Waals surface area contributed by atoms with Crippen LogP contribution in [0, 0.1) is 0 Å². The van der Waals surface area contributed by atoms with Gasteiger partial charge in [0.15, 0.2) is 0 Å². The molecule has 0 spiro atoms. The SMILES string of the molecule is CCCCC/C=C\C/C=C\C/C=C\C/C=C\CCCCCCCC(=O)OC(CCCCCCCC)CCCCCC(=O)O. The van der Waals surface area contributed by atoms with Crippen LogP contribution in [0.5, 0.6) is 0 Å². The van der Waals surface area contributed by atoms with E-state index in [0.717, 1.165) is 70.6 Å². The summed E-state index contributed by atoms with van der Waals surface area (Å²) in [6.45, 7) is 4.48. The second kappa shape index (κ2) is 34.4. The number of hydrogen-bond acceptors (Lipinski definition) is 3. The number of carbonyl (C=O) groups is 2. The first-order valence-electron chi connectivity index (χ1n) is 18.1. The molecule has 0 aliphatic heterocycles. The first-order chi connectivity index (χ1) is 21.1. The summed E-state index contributed by atoms with van der Waals surface area (Å²) in [7, 11) is 0. The molecule has 4 heteroatoms. The van der Waals surface area contributed by atoms with E-state index in [1.165, 1.54) is 77.0 Å². The Morgan fingerprint density at radius 3 is 1.47 bits per heavy atom. The molecule has 0 rings (SSSR count). The molecular weight excluding hydrogens is 532 g/mol. The van der Waals surface area contributed by atoms with Gasteiger partial charge in [0.25, 0.3) is 0 Å². The van der Waals surface area contributed by atoms with E-state index in [1.807, 2.05) is 0 Å². The Morgan fingerprint density at radius 1 is 0.512 bits per heavy atom. The third kappa shape index (κ3) is 34.3. The van der Waals surface area contributed by atoms with Crippen LogP contribution in [0.1, 0.15) is 181 Å². The molecule has 0 amide bonds. The summed E-state index contributed by atoms with van der Waals surface area (Å²) in [6.07, 6.45) is 45.6. The highest BCUT2D eigenvalue weighted by atomic mass is 16.5. The summed E-state index contributed by atoms with van der Waals surface area (Å²) < 4.78 is 5.87. The van der Waals surface area contributed by atoms with Crippen LogP contribution in [-0.2, 0) is 14.3 Å². The highest BCUT2D eigenvalue weighted by Crippen LogP contribution is 2.18. The van der Waals surface area contributed by atoms with Crippen LogP contribution in [0.4, 0.5) is 0 Å². The van der Waals surface area contributed by atoms with Gasteiger partial charge in [0.05, 0.1) is 0 Å². The van der Waals surface area contributed by atoms with Gasteiger partial charge in [-0.05, 0) is 83.5 Å². The standard InChI is InChI=1S/C39H68O4/c1-3-5-7-9-11-12-13-14-15-16-17-18-19-20-21-22-23-24-25-27-32-36-39(42)43-37(33-29-26-10-8-6-4-2)34-30-28-31-35-38(40)41/h11-12,14-15,17-18,20-21,37H,3-10,13,16,19,22-36H2,1-2H3,(H,40,41)/b12-11-,15-14-,18-17-,21-20-. The van der Waals surface area contributed by atoms with E-state index in [9.17, 15) is 9.59 Å². The number of hydrogen-bond donors (Lipinski definition) is 1. The molecule has 0 aromatic heterocycles. The van der Waals surface area contributed by atoms with Crippen molar-refractivity contribution in [2.75, 3.05) is 0 Å². The van der Waals surface area contributed by atoms with Crippen molar-refractivity contribution in [2.24, 2.45) is 0 Å². The first kappa shape index (κ1) is 40.9. The molecule has 0 aromatic rings. The number of aliphatic carboxylic acids is 1. The van der Waals surface area contributed by atoms with Crippen LogP contribution in [-0.4, -0.2) is 23.1 Å². The number of rotatable bonds is 32. The maximum absolute atomic E-state index is 12.5. The van der Waals surface area contributed by atoms with E-state index in [-0.39, 0.29) is 18.5 Å². The predicted molar refractivity (Wildman–Crippen MR) is 185 cm³/mol. The lowest BCUT2D eigenvalue weighted by molar-refractivity contribution is -0.150. The monoisotopic (exact) mass is 601 g/mol. The van der Waals surface area contributed by atoms with Crippen molar-refractivity contribution < 1.29 is 19.4 Å². The third-order valence-electron chi connectivity index (χ3n) is 7.80. The molecule has 0 aliphatic carbocycles. The molecule has 0 aliphatic rings. The minimum Gasteiger partial charge on any atom is -0.481 e. The average Bonchev–Trinajstić information content (AvgIpc) is 2.99. The molecule has 1 N–H and O–H groups in total. The lowest BCUT2D eigenvalue weighted by Gasteiger charge is -2.18. The van der Waals surface area contributed by atoms with Crippen LogP contribution >= 0.6 is 0 Å². The number of carboxylic acids is 1. The van der Waals surface area contributed by atoms with Gasteiger partial charge in [-0.15, -0.1) is 0 Å². The Morgan fingerprint density at radius 2 is 0.907 bits per heavy atom. The van der Waals surface area contributed by atoms with Crippen LogP contribution in [0.3, 0.4) is 0 Å². The molecule has 0 fully saturated rings. The van der Waals surface area contributed by atoms with Gasteiger partial charge in [-0.1, -0.05) is 133 Å². The molecule has 0 aromatic carbocycles. The van der Waals surface area contributed by atoms with Crippen molar-refractivity contribution in [3.8, 4) is 0 Å². The fourth-order valence-corrected chi connectivity index (χ4v) is 5.11. The maximum atomic E-state index is 12.5. The highest BCUT2D eigenvalue weighted by Gasteiger charge is 2.14. The van der Waals surface area contributed by atoms with Gasteiger partial charge >= 0.3 is 11.9 Å². The second-order valence-electron chi connectivity index (χ2n) is 12.1. The largest absolute Gasteiger partial charge is 0.481 e. The molecule has 0 heterocycles. The average molecular weight is 601 g/mol. The minimum atomic E-state index is -0.731. The normalized spacial score (nSPS) is 12.8. The molecule has 0 bridgehead atoms. The van der Waals surface area contributed by atoms with Gasteiger partial charge in [-0.25, -0.2) is 0 Å². The zero-order valence-corrected chi connectivity index (χ0v) is 28.3. The molecule has 0 saturated heterocycles. The van der Waals surface area contributed by atoms with Crippen LogP contribution in [0.15, 0.2) is 48.6 Å². The molecule has 0 radical (unpaired) electrons. The second-order valence-corrected chi connectivity index (χ2v) is 12.1. The number of carboxylic acid groups (broad SMARTS) is 1. The van der Waals surface area contributed by atoms with Gasteiger partial charge in [0, 0.05) is 12.8 Å². The predicted octanol–water partition coefficient (Wildman–Crippen LogP) is 12.4. The highest BCUT2D eigenvalue weighted by molar-refractivity contribution is 5.69. The number of ether oxygens (including phenoxy) is 1. The summed E-state index contributed by atoms with van der Waals surface area (Å²) >= 11 is 0. The van der Waals surface area contributed by atoms with Crippen LogP contribution < -0.4 is 0 Å². The molecule has 1 atom stereocenters. The molecule has 1 unspecified atom stereocenters. The minimum absolute atomic E-state index is 0.00562. The van der Waals surface area contributed by atoms with Crippen LogP contribution in [0.2, 0.25) is 0 Å². The molecule has 43 heavy (non-hydrogen) atoms. The van der Waals surface area contributed by atoms with Gasteiger partial charge in [0.1, 0.15) is 6.10 Å². The number of esters is 1. The molecule has 4 nitrogen and oxygen atoms in total. The van der Waals surface area contributed by atoms with E-state index >= 15 is 0 Å². The third-order valence-corrected chi connectivity index (χ3v) is 7.80. The molecular formula is C39H68O4. The zero-order chi connectivity index (χ0) is 31.5. The Kier molecular flexibility index (Phi) is 32.7. The lowest BCUT2D eigenvalue weighted by Crippen LogP contribution is -2.18. The van der Waals surface area contributed by atoms with Gasteiger partial charge in [0.2, 0.25) is 0 Å². The van der Waals surface area contributed by atoms with Crippen molar-refractivity contribution in [1.29, 1.82) is 0 Å².